The predicted octanol–water partition coefficient (Wildman–Crippen LogP) is 3.85. The van der Waals surface area contributed by atoms with E-state index in [2.05, 4.69) is 16.3 Å². The van der Waals surface area contributed by atoms with Crippen LogP contribution in [-0.2, 0) is 6.42 Å². The number of rotatable bonds is 5. The molecule has 2 N–H and O–H groups in total. The molecular formula is C26H30FN5O3. The van der Waals surface area contributed by atoms with E-state index in [9.17, 15) is 19.1 Å². The zero-order valence-corrected chi connectivity index (χ0v) is 19.6. The SMILES string of the molecule is N#Cc1cccc(NC(=O)N2CCN(C(=O)O)C(CN3CCC(Cc4ccc(F)cc4)CC3)C2)c1. The molecule has 2 aromatic carbocycles. The lowest BCUT2D eigenvalue weighted by atomic mass is 9.90. The van der Waals surface area contributed by atoms with Gasteiger partial charge in [0.1, 0.15) is 5.82 Å². The molecule has 2 aliphatic heterocycles. The van der Waals surface area contributed by atoms with Crippen LogP contribution in [0.2, 0.25) is 0 Å². The van der Waals surface area contributed by atoms with Crippen molar-refractivity contribution in [2.24, 2.45) is 5.92 Å². The molecule has 1 atom stereocenters. The van der Waals surface area contributed by atoms with Crippen molar-refractivity contribution in [3.05, 3.63) is 65.5 Å². The first-order valence-electron chi connectivity index (χ1n) is 11.9. The van der Waals surface area contributed by atoms with Crippen molar-refractivity contribution >= 4 is 17.8 Å². The molecule has 0 bridgehead atoms. The number of nitrogens with one attached hydrogen (secondary N) is 1. The maximum atomic E-state index is 13.2. The average molecular weight is 480 g/mol. The Kier molecular flexibility index (Phi) is 7.83. The number of piperidine rings is 1. The van der Waals surface area contributed by atoms with Gasteiger partial charge in [0, 0.05) is 31.9 Å². The maximum Gasteiger partial charge on any atom is 0.407 e. The smallest absolute Gasteiger partial charge is 0.407 e. The molecule has 0 aliphatic carbocycles. The summed E-state index contributed by atoms with van der Waals surface area (Å²) in [5.74, 6) is 0.294. The van der Waals surface area contributed by atoms with E-state index in [0.29, 0.717) is 36.8 Å². The van der Waals surface area contributed by atoms with E-state index in [1.165, 1.54) is 17.0 Å². The number of anilines is 1. The molecule has 2 saturated heterocycles. The number of benzene rings is 2. The van der Waals surface area contributed by atoms with Crippen LogP contribution in [0.1, 0.15) is 24.0 Å². The van der Waals surface area contributed by atoms with Crippen molar-refractivity contribution in [2.75, 3.05) is 44.6 Å². The quantitative estimate of drug-likeness (QED) is 0.679. The molecule has 2 heterocycles. The molecule has 2 fully saturated rings. The third-order valence-corrected chi connectivity index (χ3v) is 6.87. The third kappa shape index (κ3) is 6.49. The van der Waals surface area contributed by atoms with E-state index < -0.39 is 6.09 Å². The number of hydrogen-bond acceptors (Lipinski definition) is 4. The lowest BCUT2D eigenvalue weighted by Gasteiger charge is -2.43. The Labute approximate surface area is 204 Å². The van der Waals surface area contributed by atoms with Gasteiger partial charge in [-0.2, -0.15) is 5.26 Å². The zero-order chi connectivity index (χ0) is 24.8. The normalized spacial score (nSPS) is 19.3. The Balaban J connectivity index is 1.32. The van der Waals surface area contributed by atoms with E-state index in [1.807, 2.05) is 12.1 Å². The largest absolute Gasteiger partial charge is 0.465 e. The fraction of sp³-hybridized carbons (Fsp3) is 0.423. The van der Waals surface area contributed by atoms with Gasteiger partial charge in [0.25, 0.3) is 0 Å². The van der Waals surface area contributed by atoms with Gasteiger partial charge in [-0.1, -0.05) is 18.2 Å². The van der Waals surface area contributed by atoms with E-state index in [4.69, 9.17) is 5.26 Å². The van der Waals surface area contributed by atoms with Crippen LogP contribution in [0, 0.1) is 23.1 Å². The predicted molar refractivity (Wildman–Crippen MR) is 130 cm³/mol. The van der Waals surface area contributed by atoms with Gasteiger partial charge in [0.15, 0.2) is 0 Å². The van der Waals surface area contributed by atoms with Crippen LogP contribution in [0.4, 0.5) is 19.7 Å². The number of hydrogen-bond donors (Lipinski definition) is 2. The minimum atomic E-state index is -0.969. The lowest BCUT2D eigenvalue weighted by Crippen LogP contribution is -2.60. The van der Waals surface area contributed by atoms with Crippen molar-refractivity contribution in [2.45, 2.75) is 25.3 Å². The minimum absolute atomic E-state index is 0.225. The summed E-state index contributed by atoms with van der Waals surface area (Å²) < 4.78 is 13.2. The highest BCUT2D eigenvalue weighted by Gasteiger charge is 2.34. The van der Waals surface area contributed by atoms with Gasteiger partial charge in [0.2, 0.25) is 0 Å². The second-order valence-electron chi connectivity index (χ2n) is 9.27. The van der Waals surface area contributed by atoms with Gasteiger partial charge < -0.3 is 25.1 Å². The van der Waals surface area contributed by atoms with Crippen LogP contribution in [0.5, 0.6) is 0 Å². The number of halogens is 1. The van der Waals surface area contributed by atoms with Gasteiger partial charge in [-0.15, -0.1) is 0 Å². The van der Waals surface area contributed by atoms with Gasteiger partial charge >= 0.3 is 12.1 Å². The Hall–Kier alpha value is -3.64. The monoisotopic (exact) mass is 479 g/mol. The van der Waals surface area contributed by atoms with E-state index in [-0.39, 0.29) is 24.4 Å². The molecule has 4 rings (SSSR count). The Morgan fingerprint density at radius 3 is 2.51 bits per heavy atom. The third-order valence-electron chi connectivity index (χ3n) is 6.87. The Bertz CT molecular complexity index is 1080. The molecule has 8 nitrogen and oxygen atoms in total. The second kappa shape index (κ2) is 11.2. The van der Waals surface area contributed by atoms with Crippen LogP contribution < -0.4 is 5.32 Å². The highest BCUT2D eigenvalue weighted by Crippen LogP contribution is 2.23. The molecule has 3 amide bonds. The fourth-order valence-electron chi connectivity index (χ4n) is 4.94. The van der Waals surface area contributed by atoms with E-state index in [0.717, 1.165) is 37.9 Å². The first kappa shape index (κ1) is 24.5. The molecule has 0 radical (unpaired) electrons. The Morgan fingerprint density at radius 2 is 1.83 bits per heavy atom. The highest BCUT2D eigenvalue weighted by atomic mass is 19.1. The van der Waals surface area contributed by atoms with Gasteiger partial charge in [-0.25, -0.2) is 14.0 Å². The van der Waals surface area contributed by atoms with Gasteiger partial charge in [0.05, 0.1) is 17.7 Å². The highest BCUT2D eigenvalue weighted by molar-refractivity contribution is 5.89. The average Bonchev–Trinajstić information content (AvgIpc) is 2.86. The van der Waals surface area contributed by atoms with E-state index >= 15 is 0 Å². The number of nitrogens with zero attached hydrogens (tertiary/aromatic N) is 4. The topological polar surface area (TPSA) is 99.9 Å². The molecule has 2 aliphatic rings. The van der Waals surface area contributed by atoms with Crippen molar-refractivity contribution in [3.8, 4) is 6.07 Å². The summed E-state index contributed by atoms with van der Waals surface area (Å²) in [4.78, 5) is 30.1. The van der Waals surface area contributed by atoms with Crippen LogP contribution in [0.3, 0.4) is 0 Å². The lowest BCUT2D eigenvalue weighted by molar-refractivity contribution is 0.0553. The van der Waals surface area contributed by atoms with Crippen molar-refractivity contribution in [1.82, 2.24) is 14.7 Å². The number of carbonyl (C=O) groups is 2. The molecule has 9 heteroatoms. The van der Waals surface area contributed by atoms with Gasteiger partial charge in [-0.3, -0.25) is 0 Å². The summed E-state index contributed by atoms with van der Waals surface area (Å²) in [6.45, 7) is 3.18. The molecule has 2 aromatic rings. The maximum absolute atomic E-state index is 13.2. The van der Waals surface area contributed by atoms with Crippen LogP contribution in [-0.4, -0.2) is 77.2 Å². The summed E-state index contributed by atoms with van der Waals surface area (Å²) in [5, 5.41) is 21.6. The summed E-state index contributed by atoms with van der Waals surface area (Å²) in [6, 6.07) is 14.8. The standard InChI is InChI=1S/C26H30FN5O3/c27-22-6-4-19(5-7-22)14-20-8-10-30(11-9-20)17-24-18-31(12-13-32(24)26(34)35)25(33)29-23-3-1-2-21(15-23)16-28/h1-7,15,20,24H,8-14,17-18H2,(H,29,33)(H,34,35). The molecule has 1 unspecified atom stereocenters. The summed E-state index contributed by atoms with van der Waals surface area (Å²) >= 11 is 0. The minimum Gasteiger partial charge on any atom is -0.465 e. The Morgan fingerprint density at radius 1 is 1.09 bits per heavy atom. The number of amides is 3. The van der Waals surface area contributed by atoms with Crippen molar-refractivity contribution in [1.29, 1.82) is 5.26 Å². The number of likely N-dealkylation sites (tertiary alicyclic amines) is 1. The summed E-state index contributed by atoms with van der Waals surface area (Å²) in [6.07, 6.45) is 1.94. The molecule has 184 valence electrons. The number of nitriles is 1. The second-order valence-corrected chi connectivity index (χ2v) is 9.27. The summed E-state index contributed by atoms with van der Waals surface area (Å²) in [5.41, 5.74) is 2.13. The number of urea groups is 1. The number of piperazine rings is 1. The molecule has 35 heavy (non-hydrogen) atoms. The van der Waals surface area contributed by atoms with Crippen LogP contribution in [0.25, 0.3) is 0 Å². The van der Waals surface area contributed by atoms with Crippen LogP contribution in [0.15, 0.2) is 48.5 Å². The van der Waals surface area contributed by atoms with Gasteiger partial charge in [-0.05, 0) is 74.2 Å². The fourth-order valence-corrected chi connectivity index (χ4v) is 4.94. The number of carboxylic acid groups (broad SMARTS) is 1. The van der Waals surface area contributed by atoms with Crippen LogP contribution >= 0.6 is 0 Å². The zero-order valence-electron chi connectivity index (χ0n) is 19.6. The first-order chi connectivity index (χ1) is 16.9. The van der Waals surface area contributed by atoms with E-state index in [1.54, 1.807) is 29.2 Å². The molecular weight excluding hydrogens is 449 g/mol. The molecule has 0 saturated carbocycles. The number of carbonyl (C=O) groups excluding carboxylic acids is 1. The first-order valence-corrected chi connectivity index (χ1v) is 11.9. The van der Waals surface area contributed by atoms with Crippen molar-refractivity contribution < 1.29 is 19.1 Å². The molecule has 0 aromatic heterocycles. The molecule has 0 spiro atoms. The van der Waals surface area contributed by atoms with Crippen molar-refractivity contribution in [3.63, 3.8) is 0 Å². The summed E-state index contributed by atoms with van der Waals surface area (Å²) in [7, 11) is 0.